The minimum absolute atomic E-state index is 0.182. The molecule has 0 bridgehead atoms. The quantitative estimate of drug-likeness (QED) is 0.453. The van der Waals surface area contributed by atoms with E-state index < -0.39 is 5.91 Å². The first-order valence-electron chi connectivity index (χ1n) is 13.4. The van der Waals surface area contributed by atoms with Gasteiger partial charge in [-0.1, -0.05) is 24.3 Å². The number of nitriles is 1. The van der Waals surface area contributed by atoms with Crippen molar-refractivity contribution in [3.8, 4) is 30.2 Å². The number of phenolic OH excluding ortho intramolecular Hbond substituents is 1. The second-order valence-electron chi connectivity index (χ2n) is 10.4. The van der Waals surface area contributed by atoms with Crippen LogP contribution in [0.1, 0.15) is 17.7 Å². The number of aromatic hydroxyl groups is 1. The predicted molar refractivity (Wildman–Crippen MR) is 153 cm³/mol. The van der Waals surface area contributed by atoms with Crippen LogP contribution in [0.2, 0.25) is 0 Å². The van der Waals surface area contributed by atoms with E-state index in [0.717, 1.165) is 40.1 Å². The fourth-order valence-corrected chi connectivity index (χ4v) is 5.45. The van der Waals surface area contributed by atoms with Gasteiger partial charge in [0.2, 0.25) is 0 Å². The van der Waals surface area contributed by atoms with Crippen molar-refractivity contribution in [2.75, 3.05) is 63.2 Å². The summed E-state index contributed by atoms with van der Waals surface area (Å²) in [6.45, 7) is 3.79. The van der Waals surface area contributed by atoms with Crippen molar-refractivity contribution in [2.45, 2.75) is 25.4 Å². The van der Waals surface area contributed by atoms with Crippen molar-refractivity contribution < 1.29 is 14.6 Å². The highest BCUT2D eigenvalue weighted by Gasteiger charge is 2.33. The first-order valence-corrected chi connectivity index (χ1v) is 13.4. The maximum absolute atomic E-state index is 12.3. The molecule has 10 nitrogen and oxygen atoms in total. The van der Waals surface area contributed by atoms with Gasteiger partial charge < -0.3 is 29.4 Å². The van der Waals surface area contributed by atoms with E-state index in [1.807, 2.05) is 37.2 Å². The Bertz CT molecular complexity index is 1490. The zero-order chi connectivity index (χ0) is 28.2. The third kappa shape index (κ3) is 5.58. The second kappa shape index (κ2) is 11.7. The van der Waals surface area contributed by atoms with Gasteiger partial charge in [0, 0.05) is 55.4 Å². The van der Waals surface area contributed by atoms with Crippen molar-refractivity contribution in [3.05, 3.63) is 47.7 Å². The summed E-state index contributed by atoms with van der Waals surface area (Å²) in [6, 6.07) is 13.8. The zero-order valence-corrected chi connectivity index (χ0v) is 22.9. The van der Waals surface area contributed by atoms with E-state index >= 15 is 0 Å². The lowest BCUT2D eigenvalue weighted by atomic mass is 10.0. The lowest BCUT2D eigenvalue weighted by Gasteiger charge is -2.41. The van der Waals surface area contributed by atoms with Gasteiger partial charge in [-0.15, -0.1) is 6.42 Å². The number of carbonyl (C=O) groups excluding carboxylic acids is 1. The van der Waals surface area contributed by atoms with Crippen LogP contribution in [-0.4, -0.2) is 90.2 Å². The van der Waals surface area contributed by atoms with E-state index in [-0.39, 0.29) is 18.2 Å². The fourth-order valence-electron chi connectivity index (χ4n) is 5.45. The Balaban J connectivity index is 1.49. The van der Waals surface area contributed by atoms with Crippen LogP contribution in [0, 0.1) is 23.7 Å². The van der Waals surface area contributed by atoms with Crippen molar-refractivity contribution in [1.29, 1.82) is 5.26 Å². The lowest BCUT2D eigenvalue weighted by molar-refractivity contribution is -0.127. The topological polar surface area (TPSA) is 109 Å². The van der Waals surface area contributed by atoms with E-state index in [2.05, 4.69) is 27.9 Å². The summed E-state index contributed by atoms with van der Waals surface area (Å²) in [5.74, 6) is 2.79. The summed E-state index contributed by atoms with van der Waals surface area (Å²) < 4.78 is 6.00. The molecule has 2 aliphatic heterocycles. The summed E-state index contributed by atoms with van der Waals surface area (Å²) in [7, 11) is 3.96. The van der Waals surface area contributed by atoms with E-state index in [9.17, 15) is 15.2 Å². The molecule has 1 saturated heterocycles. The Hall–Kier alpha value is -4.54. The minimum atomic E-state index is -0.397. The number of hydrogen-bond donors (Lipinski definition) is 1. The molecule has 206 valence electrons. The molecule has 1 aromatic heterocycles. The molecule has 10 heteroatoms. The summed E-state index contributed by atoms with van der Waals surface area (Å²) in [5, 5.41) is 21.9. The number of fused-ring (bicyclic) bond motifs is 2. The Morgan fingerprint density at radius 1 is 1.20 bits per heavy atom. The molecule has 1 atom stereocenters. The Kier molecular flexibility index (Phi) is 7.90. The minimum Gasteiger partial charge on any atom is -0.508 e. The lowest BCUT2D eigenvalue weighted by Crippen LogP contribution is -2.55. The molecule has 1 N–H and O–H groups in total. The largest absolute Gasteiger partial charge is 0.508 e. The van der Waals surface area contributed by atoms with Crippen LogP contribution in [0.25, 0.3) is 10.8 Å². The molecule has 2 aliphatic rings. The molecular formula is C30H33N7O3. The molecule has 1 unspecified atom stereocenters. The number of benzene rings is 2. The molecule has 0 radical (unpaired) electrons. The van der Waals surface area contributed by atoms with E-state index in [1.54, 1.807) is 17.0 Å². The molecule has 3 heterocycles. The number of piperazine rings is 1. The first kappa shape index (κ1) is 27.0. The Morgan fingerprint density at radius 2 is 2.02 bits per heavy atom. The van der Waals surface area contributed by atoms with Crippen LogP contribution in [0.15, 0.2) is 36.4 Å². The van der Waals surface area contributed by atoms with E-state index in [1.165, 1.54) is 0 Å². The molecule has 1 fully saturated rings. The predicted octanol–water partition coefficient (Wildman–Crippen LogP) is 2.40. The van der Waals surface area contributed by atoms with Gasteiger partial charge >= 0.3 is 6.01 Å². The number of amides is 1. The molecule has 40 heavy (non-hydrogen) atoms. The van der Waals surface area contributed by atoms with Gasteiger partial charge in [-0.2, -0.15) is 15.2 Å². The number of nitrogens with zero attached hydrogens (tertiary/aromatic N) is 7. The smallest absolute Gasteiger partial charge is 0.318 e. The molecule has 0 aliphatic carbocycles. The summed E-state index contributed by atoms with van der Waals surface area (Å²) >= 11 is 0. The molecule has 0 saturated carbocycles. The van der Waals surface area contributed by atoms with Crippen LogP contribution in [0.3, 0.4) is 0 Å². The highest BCUT2D eigenvalue weighted by atomic mass is 16.5. The fraction of sp³-hybridized carbons (Fsp3) is 0.400. The molecule has 1 amide bonds. The van der Waals surface area contributed by atoms with Crippen LogP contribution in [0.5, 0.6) is 11.8 Å². The van der Waals surface area contributed by atoms with Crippen molar-refractivity contribution >= 4 is 28.2 Å². The highest BCUT2D eigenvalue weighted by molar-refractivity contribution is 5.96. The van der Waals surface area contributed by atoms with Gasteiger partial charge in [-0.3, -0.25) is 4.79 Å². The van der Waals surface area contributed by atoms with Gasteiger partial charge in [0.15, 0.2) is 0 Å². The van der Waals surface area contributed by atoms with Gasteiger partial charge in [-0.25, -0.2) is 0 Å². The maximum Gasteiger partial charge on any atom is 0.318 e. The van der Waals surface area contributed by atoms with E-state index in [0.29, 0.717) is 51.8 Å². The Morgan fingerprint density at radius 3 is 2.80 bits per heavy atom. The van der Waals surface area contributed by atoms with Crippen LogP contribution in [-0.2, 0) is 17.8 Å². The van der Waals surface area contributed by atoms with Crippen LogP contribution in [0.4, 0.5) is 11.5 Å². The molecular weight excluding hydrogens is 506 g/mol. The number of aromatic nitrogens is 2. The summed E-state index contributed by atoms with van der Waals surface area (Å²) in [4.78, 5) is 30.0. The number of likely N-dealkylation sites (N-methyl/N-ethyl adjacent to an activating group) is 1. The molecule has 3 aromatic rings. The first-order chi connectivity index (χ1) is 19.4. The average molecular weight is 540 g/mol. The standard InChI is InChI=1S/C30H33N7O3/c1-4-28(39)37-14-13-36(19-22(37)9-11-31)29-25-10-12-35(20-26(25)32-30(33-29)40-16-15-34(2)3)27-18-23(38)17-21-7-5-6-8-24(21)27/h1,5-8,17-18,22,38H,9-10,12-16,19-20H2,2-3H3. The number of rotatable bonds is 7. The third-order valence-electron chi connectivity index (χ3n) is 7.45. The summed E-state index contributed by atoms with van der Waals surface area (Å²) in [5.41, 5.74) is 2.85. The number of hydrogen-bond acceptors (Lipinski definition) is 9. The van der Waals surface area contributed by atoms with Crippen LogP contribution >= 0.6 is 0 Å². The van der Waals surface area contributed by atoms with Crippen molar-refractivity contribution in [2.24, 2.45) is 0 Å². The number of ether oxygens (including phenoxy) is 1. The second-order valence-corrected chi connectivity index (χ2v) is 10.4. The SMILES string of the molecule is C#CC(=O)N1CCN(c2nc(OCCN(C)C)nc3c2CCN(c2cc(O)cc4ccccc24)C3)CC1CC#N. The number of terminal acetylenes is 1. The summed E-state index contributed by atoms with van der Waals surface area (Å²) in [6.07, 6.45) is 6.27. The normalized spacial score (nSPS) is 16.9. The number of carbonyl (C=O) groups is 1. The monoisotopic (exact) mass is 539 g/mol. The van der Waals surface area contributed by atoms with Crippen LogP contribution < -0.4 is 14.5 Å². The number of phenols is 1. The molecule has 0 spiro atoms. The van der Waals surface area contributed by atoms with Gasteiger partial charge in [0.05, 0.1) is 30.8 Å². The average Bonchev–Trinajstić information content (AvgIpc) is 2.95. The molecule has 2 aromatic carbocycles. The molecule has 5 rings (SSSR count). The van der Waals surface area contributed by atoms with Gasteiger partial charge in [-0.05, 0) is 37.9 Å². The highest BCUT2D eigenvalue weighted by Crippen LogP contribution is 2.36. The van der Waals surface area contributed by atoms with Crippen molar-refractivity contribution in [3.63, 3.8) is 0 Å². The Labute approximate surface area is 234 Å². The van der Waals surface area contributed by atoms with Gasteiger partial charge in [0.1, 0.15) is 18.2 Å². The maximum atomic E-state index is 12.3. The van der Waals surface area contributed by atoms with Crippen molar-refractivity contribution in [1.82, 2.24) is 19.8 Å². The van der Waals surface area contributed by atoms with Gasteiger partial charge in [0.25, 0.3) is 5.91 Å². The zero-order valence-electron chi connectivity index (χ0n) is 22.9. The van der Waals surface area contributed by atoms with E-state index in [4.69, 9.17) is 21.1 Å². The third-order valence-corrected chi connectivity index (χ3v) is 7.45. The number of anilines is 2.